The minimum Gasteiger partial charge on any atom is -0.152 e. The summed E-state index contributed by atoms with van der Waals surface area (Å²) in [7, 11) is -1.56. The Morgan fingerprint density at radius 1 is 0.875 bits per heavy atom. The van der Waals surface area contributed by atoms with Crippen molar-refractivity contribution in [2.75, 3.05) is 5.33 Å². The van der Waals surface area contributed by atoms with Gasteiger partial charge in [-0.2, -0.15) is 12.6 Å². The molecular formula is C21H35BrSSi. The average Bonchev–Trinajstić information content (AvgIpc) is 2.60. The second-order valence-electron chi connectivity index (χ2n) is 7.24. The monoisotopic (exact) mass is 426 g/mol. The quantitative estimate of drug-likeness (QED) is 0.146. The Morgan fingerprint density at radius 2 is 1.38 bits per heavy atom. The van der Waals surface area contributed by atoms with Gasteiger partial charge in [0.1, 0.15) is 8.07 Å². The number of allylic oxidation sites excluding steroid dienone is 1. The van der Waals surface area contributed by atoms with Gasteiger partial charge in [0.25, 0.3) is 0 Å². The first-order valence-electron chi connectivity index (χ1n) is 9.60. The zero-order chi connectivity index (χ0) is 17.7. The molecule has 1 rings (SSSR count). The fraction of sp³-hybridized carbons (Fsp3) is 0.619. The lowest BCUT2D eigenvalue weighted by atomic mass is 10.1. The van der Waals surface area contributed by atoms with Crippen LogP contribution in [-0.2, 0) is 0 Å². The van der Waals surface area contributed by atoms with Crippen molar-refractivity contribution in [3.8, 4) is 0 Å². The maximum Gasteiger partial charge on any atom is 0.119 e. The van der Waals surface area contributed by atoms with E-state index in [1.807, 2.05) is 0 Å². The van der Waals surface area contributed by atoms with Crippen LogP contribution >= 0.6 is 28.6 Å². The number of thiol groups is 1. The van der Waals surface area contributed by atoms with Gasteiger partial charge in [0.05, 0.1) is 0 Å². The molecule has 1 aromatic carbocycles. The van der Waals surface area contributed by atoms with Crippen molar-refractivity contribution >= 4 is 41.8 Å². The van der Waals surface area contributed by atoms with E-state index in [2.05, 4.69) is 65.4 Å². The highest BCUT2D eigenvalue weighted by molar-refractivity contribution is 9.09. The molecule has 0 saturated heterocycles. The summed E-state index contributed by atoms with van der Waals surface area (Å²) >= 11 is 8.34. The van der Waals surface area contributed by atoms with E-state index >= 15 is 0 Å². The molecule has 24 heavy (non-hydrogen) atoms. The van der Waals surface area contributed by atoms with Crippen LogP contribution in [0.25, 0.3) is 0 Å². The second-order valence-corrected chi connectivity index (χ2v) is 13.3. The molecule has 0 atom stereocenters. The maximum atomic E-state index is 4.84. The van der Waals surface area contributed by atoms with Gasteiger partial charge in [0.15, 0.2) is 0 Å². The molecule has 0 bridgehead atoms. The van der Waals surface area contributed by atoms with Crippen LogP contribution in [-0.4, -0.2) is 13.4 Å². The minimum absolute atomic E-state index is 1.16. The first-order chi connectivity index (χ1) is 11.6. The van der Waals surface area contributed by atoms with Crippen molar-refractivity contribution < 1.29 is 0 Å². The Hall–Kier alpha value is 0.00688. The number of alkyl halides is 1. The van der Waals surface area contributed by atoms with Crippen LogP contribution in [0.5, 0.6) is 0 Å². The van der Waals surface area contributed by atoms with Crippen molar-refractivity contribution in [2.24, 2.45) is 0 Å². The summed E-state index contributed by atoms with van der Waals surface area (Å²) in [5, 5.41) is 2.64. The van der Waals surface area contributed by atoms with Crippen molar-refractivity contribution in [3.05, 3.63) is 40.9 Å². The predicted octanol–water partition coefficient (Wildman–Crippen LogP) is 7.25. The molecule has 0 spiro atoms. The van der Waals surface area contributed by atoms with Crippen molar-refractivity contribution in [1.29, 1.82) is 0 Å². The Balaban J connectivity index is 2.14. The summed E-state index contributed by atoms with van der Waals surface area (Å²) in [6, 6.07) is 10.9. The van der Waals surface area contributed by atoms with E-state index in [1.54, 1.807) is 0 Å². The van der Waals surface area contributed by atoms with E-state index < -0.39 is 8.07 Å². The molecule has 1 aromatic rings. The maximum absolute atomic E-state index is 4.84. The lowest BCUT2D eigenvalue weighted by molar-refractivity contribution is 0.567. The molecule has 3 heteroatoms. The van der Waals surface area contributed by atoms with Crippen LogP contribution in [0.1, 0.15) is 64.2 Å². The van der Waals surface area contributed by atoms with Gasteiger partial charge in [-0.15, -0.1) is 0 Å². The molecule has 0 saturated carbocycles. The summed E-state index contributed by atoms with van der Waals surface area (Å²) in [5.74, 6) is 0. The van der Waals surface area contributed by atoms with Gasteiger partial charge < -0.3 is 0 Å². The van der Waals surface area contributed by atoms with E-state index in [0.29, 0.717) is 0 Å². The molecule has 0 amide bonds. The van der Waals surface area contributed by atoms with E-state index in [1.165, 1.54) is 73.9 Å². The summed E-state index contributed by atoms with van der Waals surface area (Å²) < 4.78 is 1.33. The number of benzene rings is 1. The average molecular weight is 428 g/mol. The van der Waals surface area contributed by atoms with Gasteiger partial charge in [-0.1, -0.05) is 116 Å². The molecule has 0 heterocycles. The van der Waals surface area contributed by atoms with Crippen molar-refractivity contribution in [2.45, 2.75) is 77.3 Å². The molecular weight excluding hydrogens is 392 g/mol. The van der Waals surface area contributed by atoms with E-state index in [4.69, 9.17) is 12.6 Å². The summed E-state index contributed by atoms with van der Waals surface area (Å²) in [6.45, 7) is 4.80. The molecule has 0 aliphatic heterocycles. The summed E-state index contributed by atoms with van der Waals surface area (Å²) in [4.78, 5) is 0. The third-order valence-corrected chi connectivity index (χ3v) is 10.5. The number of rotatable bonds is 13. The SMILES string of the molecule is C[Si](C)(/C(S)=C/CCCCCCCCCCCBr)c1ccccc1. The van der Waals surface area contributed by atoms with Gasteiger partial charge >= 0.3 is 0 Å². The highest BCUT2D eigenvalue weighted by Crippen LogP contribution is 2.20. The summed E-state index contributed by atoms with van der Waals surface area (Å²) in [5.41, 5.74) is 0. The first-order valence-corrected chi connectivity index (χ1v) is 14.2. The molecule has 0 aromatic heterocycles. The largest absolute Gasteiger partial charge is 0.152 e. The third kappa shape index (κ3) is 8.91. The lowest BCUT2D eigenvalue weighted by Crippen LogP contribution is -2.42. The molecule has 0 radical (unpaired) electrons. The number of halogens is 1. The van der Waals surface area contributed by atoms with Gasteiger partial charge in [0, 0.05) is 5.33 Å². The predicted molar refractivity (Wildman–Crippen MR) is 121 cm³/mol. The third-order valence-electron chi connectivity index (χ3n) is 4.81. The van der Waals surface area contributed by atoms with Crippen molar-refractivity contribution in [1.82, 2.24) is 0 Å². The number of unbranched alkanes of at least 4 members (excludes halogenated alkanes) is 9. The standard InChI is InChI=1S/C21H35BrSSi/c1-24(2,20-16-12-11-13-17-20)21(23)18-14-9-7-5-3-4-6-8-10-15-19-22/h11-13,16-18,23H,3-10,14-15,19H2,1-2H3/b21-18+. The van der Waals surface area contributed by atoms with Gasteiger partial charge in [-0.05, 0) is 23.8 Å². The Bertz CT molecular complexity index is 456. The highest BCUT2D eigenvalue weighted by atomic mass is 79.9. The van der Waals surface area contributed by atoms with Crippen LogP contribution in [0.2, 0.25) is 13.1 Å². The Kier molecular flexibility index (Phi) is 12.2. The Labute approximate surface area is 165 Å². The first kappa shape index (κ1) is 22.0. The van der Waals surface area contributed by atoms with Crippen LogP contribution in [0.3, 0.4) is 0 Å². The second kappa shape index (κ2) is 13.2. The molecule has 0 aliphatic carbocycles. The topological polar surface area (TPSA) is 0 Å². The van der Waals surface area contributed by atoms with Gasteiger partial charge in [0.2, 0.25) is 0 Å². The Morgan fingerprint density at radius 3 is 1.92 bits per heavy atom. The molecule has 0 aliphatic rings. The molecule has 0 fully saturated rings. The normalized spacial score (nSPS) is 12.6. The molecule has 0 unspecified atom stereocenters. The summed E-state index contributed by atoms with van der Waals surface area (Å²) in [6.07, 6.45) is 16.0. The molecule has 0 N–H and O–H groups in total. The number of hydrogen-bond donors (Lipinski definition) is 1. The van der Waals surface area contributed by atoms with E-state index in [9.17, 15) is 0 Å². The molecule has 0 nitrogen and oxygen atoms in total. The van der Waals surface area contributed by atoms with Crippen molar-refractivity contribution in [3.63, 3.8) is 0 Å². The van der Waals surface area contributed by atoms with Gasteiger partial charge in [-0.25, -0.2) is 0 Å². The lowest BCUT2D eigenvalue weighted by Gasteiger charge is -2.23. The fourth-order valence-electron chi connectivity index (χ4n) is 2.97. The van der Waals surface area contributed by atoms with Crippen LogP contribution in [0, 0.1) is 0 Å². The van der Waals surface area contributed by atoms with Crippen LogP contribution in [0.4, 0.5) is 0 Å². The minimum atomic E-state index is -1.56. The fourth-order valence-corrected chi connectivity index (χ4v) is 5.86. The van der Waals surface area contributed by atoms with Gasteiger partial charge in [-0.3, -0.25) is 0 Å². The van der Waals surface area contributed by atoms with Crippen LogP contribution in [0.15, 0.2) is 40.9 Å². The van der Waals surface area contributed by atoms with Crippen LogP contribution < -0.4 is 5.19 Å². The van der Waals surface area contributed by atoms with E-state index in [-0.39, 0.29) is 0 Å². The molecule has 136 valence electrons. The highest BCUT2D eigenvalue weighted by Gasteiger charge is 2.25. The van der Waals surface area contributed by atoms with E-state index in [0.717, 1.165) is 5.33 Å². The smallest absolute Gasteiger partial charge is 0.119 e. The number of hydrogen-bond acceptors (Lipinski definition) is 1. The zero-order valence-corrected chi connectivity index (χ0v) is 19.0. The zero-order valence-electron chi connectivity index (χ0n) is 15.6.